The Balaban J connectivity index is 1.23. The maximum atomic E-state index is 12.9. The van der Waals surface area contributed by atoms with Crippen LogP contribution in [-0.2, 0) is 10.5 Å². The zero-order valence-corrected chi connectivity index (χ0v) is 20.5. The van der Waals surface area contributed by atoms with E-state index in [2.05, 4.69) is 57.9 Å². The monoisotopic (exact) mass is 485 g/mol. The van der Waals surface area contributed by atoms with E-state index < -0.39 is 0 Å². The van der Waals surface area contributed by atoms with Crippen LogP contribution in [0.1, 0.15) is 28.2 Å². The quantitative estimate of drug-likeness (QED) is 0.195. The van der Waals surface area contributed by atoms with Gasteiger partial charge in [-0.15, -0.1) is 0 Å². The number of carbonyl (C=O) groups excluding carboxylic acids is 1. The summed E-state index contributed by atoms with van der Waals surface area (Å²) in [5.74, 6) is 0.617. The minimum atomic E-state index is -0.277. The molecule has 0 atom stereocenters. The van der Waals surface area contributed by atoms with Gasteiger partial charge in [-0.3, -0.25) is 0 Å². The second kappa shape index (κ2) is 9.94. The van der Waals surface area contributed by atoms with Crippen LogP contribution >= 0.6 is 12.6 Å². The van der Waals surface area contributed by atoms with Crippen LogP contribution in [0, 0.1) is 6.92 Å². The summed E-state index contributed by atoms with van der Waals surface area (Å²) in [5.41, 5.74) is 17.3. The molecule has 0 N–H and O–H groups in total. The fraction of sp³-hybridized carbons (Fsp3) is 0.296. The van der Waals surface area contributed by atoms with Crippen LogP contribution < -0.4 is 4.90 Å². The minimum Gasteiger partial charge on any atom is -0.448 e. The summed E-state index contributed by atoms with van der Waals surface area (Å²) >= 11 is 4.42. The van der Waals surface area contributed by atoms with Gasteiger partial charge in [-0.25, -0.2) is 4.79 Å². The van der Waals surface area contributed by atoms with Gasteiger partial charge in [-0.1, -0.05) is 53.6 Å². The number of azide groups is 1. The number of rotatable bonds is 5. The first-order valence-corrected chi connectivity index (χ1v) is 12.4. The lowest BCUT2D eigenvalue weighted by Gasteiger charge is -2.36. The topological polar surface area (TPSA) is 81.5 Å². The number of carbonyl (C=O) groups is 1. The molecular weight excluding hydrogens is 458 g/mol. The van der Waals surface area contributed by atoms with E-state index in [0.29, 0.717) is 44.2 Å². The first-order chi connectivity index (χ1) is 17.1. The van der Waals surface area contributed by atoms with E-state index in [1.165, 1.54) is 22.3 Å². The molecule has 1 aliphatic heterocycles. The van der Waals surface area contributed by atoms with E-state index in [0.717, 1.165) is 16.8 Å². The molecule has 178 valence electrons. The molecule has 1 aliphatic carbocycles. The number of amides is 1. The molecular formula is C27H27N5O2S. The molecule has 3 aromatic rings. The number of fused-ring (bicyclic) bond motifs is 3. The molecule has 1 heterocycles. The summed E-state index contributed by atoms with van der Waals surface area (Å²) in [6, 6.07) is 20.7. The summed E-state index contributed by atoms with van der Waals surface area (Å²) < 4.78 is 5.83. The van der Waals surface area contributed by atoms with Crippen molar-refractivity contribution in [1.29, 1.82) is 0 Å². The molecule has 0 aromatic heterocycles. The molecule has 2 aliphatic rings. The zero-order chi connectivity index (χ0) is 24.4. The highest BCUT2D eigenvalue weighted by atomic mass is 32.1. The highest BCUT2D eigenvalue weighted by molar-refractivity contribution is 7.79. The van der Waals surface area contributed by atoms with Crippen molar-refractivity contribution >= 4 is 30.1 Å². The van der Waals surface area contributed by atoms with E-state index in [1.807, 2.05) is 37.3 Å². The van der Waals surface area contributed by atoms with Crippen LogP contribution in [0.3, 0.4) is 0 Å². The summed E-state index contributed by atoms with van der Waals surface area (Å²) in [5, 5.41) is 3.84. The predicted molar refractivity (Wildman–Crippen MR) is 142 cm³/mol. The number of hydrogen-bond acceptors (Lipinski definition) is 5. The Labute approximate surface area is 210 Å². The Morgan fingerprint density at radius 1 is 1.06 bits per heavy atom. The summed E-state index contributed by atoms with van der Waals surface area (Å²) in [4.78, 5) is 19.9. The smallest absolute Gasteiger partial charge is 0.409 e. The third kappa shape index (κ3) is 4.43. The maximum absolute atomic E-state index is 12.9. The number of hydrogen-bond donors (Lipinski definition) is 1. The van der Waals surface area contributed by atoms with Gasteiger partial charge in [0.25, 0.3) is 0 Å². The van der Waals surface area contributed by atoms with E-state index >= 15 is 0 Å². The van der Waals surface area contributed by atoms with Crippen molar-refractivity contribution < 1.29 is 9.53 Å². The summed E-state index contributed by atoms with van der Waals surface area (Å²) in [6.07, 6.45) is -0.277. The zero-order valence-electron chi connectivity index (χ0n) is 19.6. The highest BCUT2D eigenvalue weighted by Crippen LogP contribution is 2.44. The number of ether oxygens (including phenoxy) is 1. The Morgan fingerprint density at radius 3 is 2.29 bits per heavy atom. The summed E-state index contributed by atoms with van der Waals surface area (Å²) in [7, 11) is 0. The Hall–Kier alpha value is -3.61. The number of thiol groups is 1. The highest BCUT2D eigenvalue weighted by Gasteiger charge is 2.30. The molecule has 1 saturated heterocycles. The SMILES string of the molecule is Cc1c(CS)cc(N2CCN(C(=O)OCC3c4ccccc4-c4ccccc43)CC2)cc1N=[N+]=[N-]. The fourth-order valence-corrected chi connectivity index (χ4v) is 5.40. The van der Waals surface area contributed by atoms with Crippen LogP contribution in [-0.4, -0.2) is 43.8 Å². The third-order valence-electron chi connectivity index (χ3n) is 7.03. The van der Waals surface area contributed by atoms with Crippen LogP contribution in [0.5, 0.6) is 0 Å². The van der Waals surface area contributed by atoms with E-state index in [-0.39, 0.29) is 12.0 Å². The second-order valence-electron chi connectivity index (χ2n) is 8.87. The number of benzene rings is 3. The molecule has 0 radical (unpaired) electrons. The van der Waals surface area contributed by atoms with Crippen molar-refractivity contribution in [3.8, 4) is 11.1 Å². The van der Waals surface area contributed by atoms with Crippen LogP contribution in [0.25, 0.3) is 21.6 Å². The maximum Gasteiger partial charge on any atom is 0.409 e. The van der Waals surface area contributed by atoms with E-state index in [4.69, 9.17) is 10.3 Å². The van der Waals surface area contributed by atoms with Crippen molar-refractivity contribution in [3.05, 3.63) is 93.4 Å². The third-order valence-corrected chi connectivity index (χ3v) is 7.38. The number of nitrogens with zero attached hydrogens (tertiary/aromatic N) is 5. The Morgan fingerprint density at radius 2 is 1.69 bits per heavy atom. The minimum absolute atomic E-state index is 0.0546. The molecule has 0 unspecified atom stereocenters. The molecule has 1 fully saturated rings. The fourth-order valence-electron chi connectivity index (χ4n) is 5.07. The van der Waals surface area contributed by atoms with Crippen LogP contribution in [0.15, 0.2) is 65.8 Å². The van der Waals surface area contributed by atoms with Crippen molar-refractivity contribution in [2.24, 2.45) is 5.11 Å². The lowest BCUT2D eigenvalue weighted by atomic mass is 9.98. The van der Waals surface area contributed by atoms with Gasteiger partial charge >= 0.3 is 6.09 Å². The van der Waals surface area contributed by atoms with Gasteiger partial charge < -0.3 is 14.5 Å². The molecule has 5 rings (SSSR count). The second-order valence-corrected chi connectivity index (χ2v) is 9.19. The van der Waals surface area contributed by atoms with E-state index in [9.17, 15) is 4.79 Å². The first kappa shape index (κ1) is 23.1. The van der Waals surface area contributed by atoms with Crippen LogP contribution in [0.2, 0.25) is 0 Å². The molecule has 0 saturated carbocycles. The molecule has 35 heavy (non-hydrogen) atoms. The van der Waals surface area contributed by atoms with Gasteiger partial charge in [-0.2, -0.15) is 12.6 Å². The first-order valence-electron chi connectivity index (χ1n) is 11.7. The number of anilines is 1. The average Bonchev–Trinajstić information content (AvgIpc) is 3.22. The van der Waals surface area contributed by atoms with Crippen molar-refractivity contribution in [2.45, 2.75) is 18.6 Å². The average molecular weight is 486 g/mol. The Bertz CT molecular complexity index is 1270. The predicted octanol–water partition coefficient (Wildman–Crippen LogP) is 6.44. The lowest BCUT2D eigenvalue weighted by molar-refractivity contribution is 0.0977. The molecule has 0 bridgehead atoms. The summed E-state index contributed by atoms with van der Waals surface area (Å²) in [6.45, 7) is 4.75. The van der Waals surface area contributed by atoms with E-state index in [1.54, 1.807) is 4.90 Å². The molecule has 7 nitrogen and oxygen atoms in total. The van der Waals surface area contributed by atoms with Gasteiger partial charge in [0.1, 0.15) is 6.61 Å². The van der Waals surface area contributed by atoms with Gasteiger partial charge in [0, 0.05) is 54.1 Å². The lowest BCUT2D eigenvalue weighted by Crippen LogP contribution is -2.49. The van der Waals surface area contributed by atoms with Gasteiger partial charge in [0.2, 0.25) is 0 Å². The standard InChI is InChI=1S/C27H27N5O2S/c1-18-19(17-35)14-20(15-26(18)29-30-28)31-10-12-32(13-11-31)27(33)34-16-25-23-8-4-2-6-21(23)22-7-3-5-9-24(22)25/h2-9,14-15,25,35H,10-13,16-17H2,1H3. The van der Waals surface area contributed by atoms with Crippen molar-refractivity contribution in [2.75, 3.05) is 37.7 Å². The van der Waals surface area contributed by atoms with Crippen molar-refractivity contribution in [1.82, 2.24) is 4.90 Å². The number of piperazine rings is 1. The Kier molecular flexibility index (Phi) is 6.57. The van der Waals surface area contributed by atoms with Gasteiger partial charge in [0.05, 0.1) is 0 Å². The van der Waals surface area contributed by atoms with Crippen LogP contribution in [0.4, 0.5) is 16.2 Å². The molecule has 0 spiro atoms. The largest absolute Gasteiger partial charge is 0.448 e. The van der Waals surface area contributed by atoms with Gasteiger partial charge in [-0.05, 0) is 58.0 Å². The van der Waals surface area contributed by atoms with Crippen molar-refractivity contribution in [3.63, 3.8) is 0 Å². The van der Waals surface area contributed by atoms with Gasteiger partial charge in [0.15, 0.2) is 0 Å². The molecule has 1 amide bonds. The molecule has 8 heteroatoms. The normalized spacial score (nSPS) is 14.8. The molecule has 3 aromatic carbocycles.